The van der Waals surface area contributed by atoms with E-state index in [0.29, 0.717) is 10.9 Å². The number of methoxy groups -OCH3 is 1. The van der Waals surface area contributed by atoms with Crippen molar-refractivity contribution in [3.05, 3.63) is 52.8 Å². The summed E-state index contributed by atoms with van der Waals surface area (Å²) in [5.41, 5.74) is 3.86. The third kappa shape index (κ3) is 2.47. The summed E-state index contributed by atoms with van der Waals surface area (Å²) >= 11 is 12.4. The van der Waals surface area contributed by atoms with E-state index >= 15 is 0 Å². The van der Waals surface area contributed by atoms with Crippen LogP contribution in [0.25, 0.3) is 16.7 Å². The highest BCUT2D eigenvalue weighted by Gasteiger charge is 2.15. The minimum atomic E-state index is 0.307. The largest absolute Gasteiger partial charge is 0.497 e. The molecule has 0 saturated heterocycles. The van der Waals surface area contributed by atoms with Gasteiger partial charge in [-0.05, 0) is 36.8 Å². The Hall–Kier alpha value is -1.71. The molecular formula is C16H14Cl2N2O. The molecule has 108 valence electrons. The molecular weight excluding hydrogens is 307 g/mol. The Morgan fingerprint density at radius 2 is 2.00 bits per heavy atom. The molecule has 3 aromatic rings. The van der Waals surface area contributed by atoms with Crippen LogP contribution in [0.5, 0.6) is 5.75 Å². The van der Waals surface area contributed by atoms with Gasteiger partial charge >= 0.3 is 0 Å². The average molecular weight is 321 g/mol. The Balaban J connectivity index is 2.33. The number of halogens is 2. The van der Waals surface area contributed by atoms with Crippen molar-refractivity contribution in [2.75, 3.05) is 7.11 Å². The first-order valence-corrected chi connectivity index (χ1v) is 7.43. The Kier molecular flexibility index (Phi) is 3.79. The average Bonchev–Trinajstić information content (AvgIpc) is 2.85. The predicted molar refractivity (Wildman–Crippen MR) is 86.9 cm³/mol. The lowest BCUT2D eigenvalue weighted by Crippen LogP contribution is -2.00. The van der Waals surface area contributed by atoms with E-state index in [2.05, 4.69) is 4.98 Å². The number of aromatic nitrogens is 2. The maximum absolute atomic E-state index is 6.36. The van der Waals surface area contributed by atoms with Crippen LogP contribution in [0.1, 0.15) is 11.4 Å². The van der Waals surface area contributed by atoms with Gasteiger partial charge in [0.05, 0.1) is 34.7 Å². The second kappa shape index (κ2) is 5.58. The van der Waals surface area contributed by atoms with Gasteiger partial charge in [-0.15, -0.1) is 11.6 Å². The number of alkyl halides is 1. The number of fused-ring (bicyclic) bond motifs is 1. The second-order valence-electron chi connectivity index (χ2n) is 4.81. The molecule has 0 bridgehead atoms. The van der Waals surface area contributed by atoms with Crippen LogP contribution in [0.3, 0.4) is 0 Å². The molecule has 0 radical (unpaired) electrons. The third-order valence-electron chi connectivity index (χ3n) is 3.39. The Bertz CT molecular complexity index is 811. The van der Waals surface area contributed by atoms with Gasteiger partial charge in [-0.1, -0.05) is 17.7 Å². The van der Waals surface area contributed by atoms with Gasteiger partial charge in [0, 0.05) is 6.07 Å². The Morgan fingerprint density at radius 3 is 2.71 bits per heavy atom. The number of hydrogen-bond donors (Lipinski definition) is 0. The molecule has 2 aromatic carbocycles. The van der Waals surface area contributed by atoms with Gasteiger partial charge in [0.2, 0.25) is 0 Å². The standard InChI is InChI=1S/C16H14Cl2N2O/c1-10-3-6-14-13(7-10)19-16(9-17)20(14)15-8-11(21-2)4-5-12(15)18/h3-8H,9H2,1-2H3. The molecule has 1 heterocycles. The minimum Gasteiger partial charge on any atom is -0.497 e. The lowest BCUT2D eigenvalue weighted by Gasteiger charge is -2.11. The fraction of sp³-hybridized carbons (Fsp3) is 0.188. The van der Waals surface area contributed by atoms with E-state index in [1.165, 1.54) is 0 Å². The molecule has 3 rings (SSSR count). The quantitative estimate of drug-likeness (QED) is 0.652. The zero-order valence-electron chi connectivity index (χ0n) is 11.7. The molecule has 0 aliphatic carbocycles. The van der Waals surface area contributed by atoms with Crippen LogP contribution in [-0.4, -0.2) is 16.7 Å². The van der Waals surface area contributed by atoms with Crippen molar-refractivity contribution in [3.63, 3.8) is 0 Å². The van der Waals surface area contributed by atoms with E-state index in [0.717, 1.165) is 33.9 Å². The maximum Gasteiger partial charge on any atom is 0.129 e. The summed E-state index contributed by atoms with van der Waals surface area (Å²) in [5.74, 6) is 1.80. The van der Waals surface area contributed by atoms with Crippen molar-refractivity contribution in [2.24, 2.45) is 0 Å². The molecule has 0 fully saturated rings. The van der Waals surface area contributed by atoms with Crippen LogP contribution in [0.4, 0.5) is 0 Å². The Morgan fingerprint density at radius 1 is 1.19 bits per heavy atom. The zero-order valence-corrected chi connectivity index (χ0v) is 13.2. The van der Waals surface area contributed by atoms with Gasteiger partial charge in [-0.25, -0.2) is 4.98 Å². The predicted octanol–water partition coefficient (Wildman–Crippen LogP) is 4.73. The SMILES string of the molecule is COc1ccc(Cl)c(-n2c(CCl)nc3cc(C)ccc32)c1. The van der Waals surface area contributed by atoms with E-state index in [4.69, 9.17) is 27.9 Å². The smallest absolute Gasteiger partial charge is 0.129 e. The first-order valence-electron chi connectivity index (χ1n) is 6.52. The molecule has 0 N–H and O–H groups in total. The molecule has 0 saturated carbocycles. The van der Waals surface area contributed by atoms with E-state index < -0.39 is 0 Å². The summed E-state index contributed by atoms with van der Waals surface area (Å²) in [4.78, 5) is 4.60. The van der Waals surface area contributed by atoms with Crippen LogP contribution in [0.2, 0.25) is 5.02 Å². The lowest BCUT2D eigenvalue weighted by molar-refractivity contribution is 0.414. The summed E-state index contributed by atoms with van der Waals surface area (Å²) in [6.07, 6.45) is 0. The number of imidazole rings is 1. The van der Waals surface area contributed by atoms with E-state index in [-0.39, 0.29) is 0 Å². The van der Waals surface area contributed by atoms with Crippen LogP contribution >= 0.6 is 23.2 Å². The molecule has 0 atom stereocenters. The molecule has 0 aliphatic rings. The first-order chi connectivity index (χ1) is 10.1. The molecule has 5 heteroatoms. The molecule has 0 aliphatic heterocycles. The Labute approximate surface area is 133 Å². The number of rotatable bonds is 3. The third-order valence-corrected chi connectivity index (χ3v) is 3.95. The van der Waals surface area contributed by atoms with Gasteiger partial charge in [0.1, 0.15) is 11.6 Å². The van der Waals surface area contributed by atoms with E-state index in [1.807, 2.05) is 47.9 Å². The van der Waals surface area contributed by atoms with Crippen molar-refractivity contribution in [1.82, 2.24) is 9.55 Å². The number of hydrogen-bond acceptors (Lipinski definition) is 2. The topological polar surface area (TPSA) is 27.1 Å². The first kappa shape index (κ1) is 14.2. The van der Waals surface area contributed by atoms with E-state index in [9.17, 15) is 0 Å². The zero-order chi connectivity index (χ0) is 15.0. The highest BCUT2D eigenvalue weighted by atomic mass is 35.5. The summed E-state index contributed by atoms with van der Waals surface area (Å²) in [7, 11) is 1.63. The van der Waals surface area contributed by atoms with Crippen molar-refractivity contribution in [3.8, 4) is 11.4 Å². The molecule has 1 aromatic heterocycles. The maximum atomic E-state index is 6.36. The molecule has 0 amide bonds. The van der Waals surface area contributed by atoms with Crippen molar-refractivity contribution in [1.29, 1.82) is 0 Å². The second-order valence-corrected chi connectivity index (χ2v) is 5.48. The highest BCUT2D eigenvalue weighted by Crippen LogP contribution is 2.30. The molecule has 21 heavy (non-hydrogen) atoms. The van der Waals surface area contributed by atoms with Gasteiger partial charge < -0.3 is 4.74 Å². The van der Waals surface area contributed by atoms with Crippen LogP contribution in [-0.2, 0) is 5.88 Å². The van der Waals surface area contributed by atoms with Gasteiger partial charge in [0.25, 0.3) is 0 Å². The number of nitrogens with zero attached hydrogens (tertiary/aromatic N) is 2. The van der Waals surface area contributed by atoms with Crippen LogP contribution in [0.15, 0.2) is 36.4 Å². The van der Waals surface area contributed by atoms with Gasteiger partial charge in [0.15, 0.2) is 0 Å². The van der Waals surface area contributed by atoms with Gasteiger partial charge in [-0.3, -0.25) is 4.57 Å². The molecule has 0 spiro atoms. The summed E-state index contributed by atoms with van der Waals surface area (Å²) in [5, 5.41) is 0.627. The monoisotopic (exact) mass is 320 g/mol. The summed E-state index contributed by atoms with van der Waals surface area (Å²) in [6.45, 7) is 2.04. The summed E-state index contributed by atoms with van der Waals surface area (Å²) in [6, 6.07) is 11.6. The molecule has 3 nitrogen and oxygen atoms in total. The molecule has 0 unspecified atom stereocenters. The van der Waals surface area contributed by atoms with E-state index in [1.54, 1.807) is 7.11 Å². The number of aryl methyl sites for hydroxylation is 1. The van der Waals surface area contributed by atoms with Crippen LogP contribution < -0.4 is 4.74 Å². The highest BCUT2D eigenvalue weighted by molar-refractivity contribution is 6.32. The fourth-order valence-corrected chi connectivity index (χ4v) is 2.77. The normalized spacial score (nSPS) is 11.0. The van der Waals surface area contributed by atoms with Gasteiger partial charge in [-0.2, -0.15) is 0 Å². The minimum absolute atomic E-state index is 0.307. The fourth-order valence-electron chi connectivity index (χ4n) is 2.39. The van der Waals surface area contributed by atoms with Crippen molar-refractivity contribution < 1.29 is 4.74 Å². The van der Waals surface area contributed by atoms with Crippen LogP contribution in [0, 0.1) is 6.92 Å². The summed E-state index contributed by atoms with van der Waals surface area (Å²) < 4.78 is 7.27. The number of benzene rings is 2. The van der Waals surface area contributed by atoms with Crippen molar-refractivity contribution >= 4 is 34.2 Å². The van der Waals surface area contributed by atoms with Crippen molar-refractivity contribution in [2.45, 2.75) is 12.8 Å². The lowest BCUT2D eigenvalue weighted by atomic mass is 10.2. The number of ether oxygens (including phenoxy) is 1.